The van der Waals surface area contributed by atoms with Gasteiger partial charge in [0.25, 0.3) is 0 Å². The molecule has 0 unspecified atom stereocenters. The van der Waals surface area contributed by atoms with E-state index < -0.39 is 27.9 Å². The third kappa shape index (κ3) is 4.72. The second kappa shape index (κ2) is 5.05. The molecular weight excluding hydrogens is 147 g/mol. The van der Waals surface area contributed by atoms with Crippen LogP contribution in [0.25, 0.3) is 0 Å². The standard InChI is InChI=1S/C3H9O5P/c4-1-3(2-5)8-9(6)7/h3-7H,1-2H2. The highest BCUT2D eigenvalue weighted by Gasteiger charge is 2.10. The molecular formula is C3H9O5P. The molecule has 0 atom stereocenters. The van der Waals surface area contributed by atoms with E-state index in [1.165, 1.54) is 0 Å². The first-order valence-corrected chi connectivity index (χ1v) is 3.43. The van der Waals surface area contributed by atoms with E-state index in [9.17, 15) is 0 Å². The van der Waals surface area contributed by atoms with E-state index in [0.29, 0.717) is 0 Å². The van der Waals surface area contributed by atoms with Gasteiger partial charge in [-0.3, -0.25) is 0 Å². The van der Waals surface area contributed by atoms with Crippen LogP contribution in [0.3, 0.4) is 0 Å². The minimum Gasteiger partial charge on any atom is -0.394 e. The Balaban J connectivity index is 3.31. The molecule has 0 saturated heterocycles. The number of hydrogen-bond acceptors (Lipinski definition) is 5. The Morgan fingerprint density at radius 3 is 1.78 bits per heavy atom. The monoisotopic (exact) mass is 156 g/mol. The number of aliphatic hydroxyl groups is 2. The summed E-state index contributed by atoms with van der Waals surface area (Å²) in [6.07, 6.45) is -0.883. The van der Waals surface area contributed by atoms with Crippen LogP contribution in [-0.4, -0.2) is 39.3 Å². The predicted octanol–water partition coefficient (Wildman–Crippen LogP) is -1.43. The molecule has 5 nitrogen and oxygen atoms in total. The van der Waals surface area contributed by atoms with Gasteiger partial charge in [0.05, 0.1) is 13.2 Å². The third-order valence-electron chi connectivity index (χ3n) is 0.651. The predicted molar refractivity (Wildman–Crippen MR) is 30.4 cm³/mol. The summed E-state index contributed by atoms with van der Waals surface area (Å²) in [6.45, 7) is -0.840. The van der Waals surface area contributed by atoms with Crippen molar-refractivity contribution in [2.75, 3.05) is 13.2 Å². The average Bonchev–Trinajstić information content (AvgIpc) is 1.82. The average molecular weight is 156 g/mol. The second-order valence-corrected chi connectivity index (χ2v) is 2.06. The molecule has 0 aliphatic carbocycles. The van der Waals surface area contributed by atoms with Gasteiger partial charge in [0.15, 0.2) is 0 Å². The molecule has 9 heavy (non-hydrogen) atoms. The highest BCUT2D eigenvalue weighted by molar-refractivity contribution is 7.39. The highest BCUT2D eigenvalue weighted by Crippen LogP contribution is 2.26. The van der Waals surface area contributed by atoms with E-state index in [1.54, 1.807) is 0 Å². The first-order chi connectivity index (χ1) is 4.20. The van der Waals surface area contributed by atoms with Gasteiger partial charge in [0, 0.05) is 0 Å². The molecule has 0 bridgehead atoms. The van der Waals surface area contributed by atoms with Crippen molar-refractivity contribution in [2.45, 2.75) is 6.10 Å². The fraction of sp³-hybridized carbons (Fsp3) is 1.00. The lowest BCUT2D eigenvalue weighted by Gasteiger charge is -2.10. The van der Waals surface area contributed by atoms with Gasteiger partial charge < -0.3 is 24.5 Å². The maximum absolute atomic E-state index is 8.28. The van der Waals surface area contributed by atoms with Crippen molar-refractivity contribution in [3.63, 3.8) is 0 Å². The van der Waals surface area contributed by atoms with Crippen LogP contribution in [0.5, 0.6) is 0 Å². The topological polar surface area (TPSA) is 90.2 Å². The van der Waals surface area contributed by atoms with Crippen molar-refractivity contribution >= 4 is 8.60 Å². The number of hydrogen-bond donors (Lipinski definition) is 4. The lowest BCUT2D eigenvalue weighted by Crippen LogP contribution is -2.19. The Morgan fingerprint density at radius 1 is 1.22 bits per heavy atom. The van der Waals surface area contributed by atoms with Gasteiger partial charge in [-0.2, -0.15) is 0 Å². The molecule has 0 aromatic heterocycles. The number of rotatable bonds is 4. The molecule has 6 heteroatoms. The van der Waals surface area contributed by atoms with Crippen LogP contribution in [0.2, 0.25) is 0 Å². The Labute approximate surface area is 53.5 Å². The van der Waals surface area contributed by atoms with Crippen LogP contribution in [0.4, 0.5) is 0 Å². The Hall–Kier alpha value is 0.230. The fourth-order valence-corrected chi connectivity index (χ4v) is 0.658. The molecule has 0 spiro atoms. The highest BCUT2D eigenvalue weighted by atomic mass is 31.2. The van der Waals surface area contributed by atoms with Crippen LogP contribution in [0.15, 0.2) is 0 Å². The third-order valence-corrected chi connectivity index (χ3v) is 1.14. The van der Waals surface area contributed by atoms with Crippen molar-refractivity contribution < 1.29 is 24.5 Å². The SMILES string of the molecule is OCC(CO)OP(O)O. The largest absolute Gasteiger partial charge is 0.394 e. The smallest absolute Gasteiger partial charge is 0.327 e. The molecule has 0 fully saturated rings. The van der Waals surface area contributed by atoms with Crippen LogP contribution in [-0.2, 0) is 4.52 Å². The second-order valence-electron chi connectivity index (χ2n) is 1.35. The summed E-state index contributed by atoms with van der Waals surface area (Å²) in [7, 11) is -2.47. The van der Waals surface area contributed by atoms with E-state index in [1.807, 2.05) is 0 Å². The first-order valence-electron chi connectivity index (χ1n) is 2.27. The van der Waals surface area contributed by atoms with Gasteiger partial charge >= 0.3 is 8.60 Å². The summed E-state index contributed by atoms with van der Waals surface area (Å²) in [5, 5.41) is 16.6. The van der Waals surface area contributed by atoms with E-state index in [2.05, 4.69) is 4.52 Å². The molecule has 0 rings (SSSR count). The molecule has 0 heterocycles. The Kier molecular flexibility index (Phi) is 5.18. The van der Waals surface area contributed by atoms with Gasteiger partial charge in [-0.05, 0) is 0 Å². The zero-order valence-corrected chi connectivity index (χ0v) is 5.53. The minimum atomic E-state index is -2.47. The zero-order valence-electron chi connectivity index (χ0n) is 4.64. The molecule has 0 saturated carbocycles. The summed E-state index contributed by atoms with van der Waals surface area (Å²) in [5.41, 5.74) is 0. The summed E-state index contributed by atoms with van der Waals surface area (Å²) in [6, 6.07) is 0. The maximum Gasteiger partial charge on any atom is 0.327 e. The van der Waals surface area contributed by atoms with E-state index in [0.717, 1.165) is 0 Å². The summed E-state index contributed by atoms with van der Waals surface area (Å²) >= 11 is 0. The van der Waals surface area contributed by atoms with E-state index in [4.69, 9.17) is 20.0 Å². The lowest BCUT2D eigenvalue weighted by molar-refractivity contribution is 0.0534. The normalized spacial score (nSPS) is 11.3. The van der Waals surface area contributed by atoms with Crippen LogP contribution >= 0.6 is 8.60 Å². The molecule has 0 aliphatic rings. The summed E-state index contributed by atoms with van der Waals surface area (Å²) in [4.78, 5) is 16.3. The molecule has 0 radical (unpaired) electrons. The lowest BCUT2D eigenvalue weighted by atomic mass is 10.4. The summed E-state index contributed by atoms with van der Waals surface area (Å²) in [5.74, 6) is 0. The molecule has 0 aliphatic heterocycles. The summed E-state index contributed by atoms with van der Waals surface area (Å²) < 4.78 is 4.22. The van der Waals surface area contributed by atoms with E-state index in [-0.39, 0.29) is 0 Å². The van der Waals surface area contributed by atoms with Gasteiger partial charge in [-0.1, -0.05) is 0 Å². The molecule has 56 valence electrons. The number of aliphatic hydroxyl groups excluding tert-OH is 2. The van der Waals surface area contributed by atoms with Gasteiger partial charge in [-0.25, -0.2) is 0 Å². The zero-order chi connectivity index (χ0) is 7.28. The van der Waals surface area contributed by atoms with Gasteiger partial charge in [0.1, 0.15) is 6.10 Å². The fourth-order valence-electron chi connectivity index (χ4n) is 0.258. The van der Waals surface area contributed by atoms with Crippen molar-refractivity contribution in [1.29, 1.82) is 0 Å². The Bertz CT molecular complexity index is 63.2. The van der Waals surface area contributed by atoms with Crippen LogP contribution in [0, 0.1) is 0 Å². The van der Waals surface area contributed by atoms with Crippen LogP contribution < -0.4 is 0 Å². The minimum absolute atomic E-state index is 0.420. The molecule has 0 aromatic rings. The first kappa shape index (κ1) is 9.23. The van der Waals surface area contributed by atoms with Crippen molar-refractivity contribution in [3.05, 3.63) is 0 Å². The molecule has 4 N–H and O–H groups in total. The van der Waals surface area contributed by atoms with Crippen molar-refractivity contribution in [3.8, 4) is 0 Å². The molecule has 0 amide bonds. The van der Waals surface area contributed by atoms with Crippen molar-refractivity contribution in [1.82, 2.24) is 0 Å². The van der Waals surface area contributed by atoms with Gasteiger partial charge in [-0.15, -0.1) is 0 Å². The van der Waals surface area contributed by atoms with E-state index >= 15 is 0 Å². The quantitative estimate of drug-likeness (QED) is 0.374. The molecule has 0 aromatic carbocycles. The maximum atomic E-state index is 8.28. The van der Waals surface area contributed by atoms with Gasteiger partial charge in [0.2, 0.25) is 0 Å². The Morgan fingerprint density at radius 2 is 1.67 bits per heavy atom. The van der Waals surface area contributed by atoms with Crippen molar-refractivity contribution in [2.24, 2.45) is 0 Å². The van der Waals surface area contributed by atoms with Crippen LogP contribution in [0.1, 0.15) is 0 Å².